The first-order valence-electron chi connectivity index (χ1n) is 9.19. The van der Waals surface area contributed by atoms with E-state index in [-0.39, 0.29) is 10.7 Å². The quantitative estimate of drug-likeness (QED) is 0.448. The van der Waals surface area contributed by atoms with Crippen molar-refractivity contribution in [2.75, 3.05) is 0 Å². The van der Waals surface area contributed by atoms with E-state index in [0.717, 1.165) is 15.8 Å². The van der Waals surface area contributed by atoms with E-state index in [4.69, 9.17) is 10.9 Å². The van der Waals surface area contributed by atoms with Crippen LogP contribution in [-0.2, 0) is 16.6 Å². The highest BCUT2D eigenvalue weighted by molar-refractivity contribution is 7.89. The van der Waals surface area contributed by atoms with Gasteiger partial charge in [-0.2, -0.15) is 0 Å². The van der Waals surface area contributed by atoms with Crippen LogP contribution >= 0.6 is 11.3 Å². The maximum absolute atomic E-state index is 13.6. The van der Waals surface area contributed by atoms with Crippen LogP contribution in [0.2, 0.25) is 0 Å². The summed E-state index contributed by atoms with van der Waals surface area (Å²) >= 11 is 1.28. The number of ketones is 1. The van der Waals surface area contributed by atoms with Crippen molar-refractivity contribution in [1.82, 2.24) is 4.98 Å². The van der Waals surface area contributed by atoms with E-state index < -0.39 is 15.9 Å². The molecule has 0 saturated heterocycles. The average molecular weight is 438 g/mol. The van der Waals surface area contributed by atoms with E-state index in [9.17, 15) is 13.2 Å². The Morgan fingerprint density at radius 3 is 2.30 bits per heavy atom. The van der Waals surface area contributed by atoms with Crippen LogP contribution in [0.5, 0.6) is 0 Å². The maximum atomic E-state index is 13.6. The van der Waals surface area contributed by atoms with E-state index in [1.807, 2.05) is 36.4 Å². The lowest BCUT2D eigenvalue weighted by Crippen LogP contribution is -2.21. The number of Topliss-reactive ketones (excluding diaryl/α,β-unsaturated/α-hetero) is 1. The Labute approximate surface area is 178 Å². The molecule has 8 heteroatoms. The zero-order valence-electron chi connectivity index (χ0n) is 15.9. The Hall–Kier alpha value is -2.91. The predicted molar refractivity (Wildman–Crippen MR) is 118 cm³/mol. The van der Waals surface area contributed by atoms with E-state index in [0.29, 0.717) is 22.7 Å². The number of carbonyl (C=O) groups excluding carboxylic acids is 1. The standard InChI is InChI=1S/C22H19N3O3S2/c23-13-14-9-11-15(12-10-14)20(16-5-1-4-8-19(16)30(24,27)28)21(26)22-25-17-6-2-3-7-18(17)29-22/h1-12,20H,13,23H2,(H2,24,27,28). The molecule has 0 aliphatic carbocycles. The van der Waals surface area contributed by atoms with E-state index in [1.54, 1.807) is 30.3 Å². The Morgan fingerprint density at radius 2 is 1.63 bits per heavy atom. The zero-order chi connectivity index (χ0) is 21.3. The number of nitrogens with zero attached hydrogens (tertiary/aromatic N) is 1. The highest BCUT2D eigenvalue weighted by Gasteiger charge is 2.30. The molecule has 0 radical (unpaired) electrons. The Kier molecular flexibility index (Phi) is 5.48. The van der Waals surface area contributed by atoms with Gasteiger partial charge in [-0.05, 0) is 34.9 Å². The van der Waals surface area contributed by atoms with Crippen LogP contribution in [0, 0.1) is 0 Å². The van der Waals surface area contributed by atoms with Gasteiger partial charge in [-0.1, -0.05) is 54.6 Å². The summed E-state index contributed by atoms with van der Waals surface area (Å²) < 4.78 is 25.3. The predicted octanol–water partition coefficient (Wildman–Crippen LogP) is 3.42. The SMILES string of the molecule is NCc1ccc(C(C(=O)c2nc3ccccc3s2)c2ccccc2S(N)(=O)=O)cc1. The fourth-order valence-electron chi connectivity index (χ4n) is 3.40. The van der Waals surface area contributed by atoms with E-state index in [1.165, 1.54) is 17.4 Å². The monoisotopic (exact) mass is 437 g/mol. The Balaban J connectivity index is 1.91. The lowest BCUT2D eigenvalue weighted by atomic mass is 9.87. The van der Waals surface area contributed by atoms with Crippen molar-refractivity contribution in [1.29, 1.82) is 0 Å². The summed E-state index contributed by atoms with van der Waals surface area (Å²) in [5.41, 5.74) is 8.29. The molecular formula is C22H19N3O3S2. The molecule has 0 amide bonds. The number of sulfonamides is 1. The van der Waals surface area contributed by atoms with Crippen molar-refractivity contribution in [2.45, 2.75) is 17.4 Å². The van der Waals surface area contributed by atoms with Gasteiger partial charge >= 0.3 is 0 Å². The van der Waals surface area contributed by atoms with Crippen LogP contribution in [0.1, 0.15) is 32.4 Å². The molecule has 6 nitrogen and oxygen atoms in total. The highest BCUT2D eigenvalue weighted by atomic mass is 32.2. The van der Waals surface area contributed by atoms with Crippen molar-refractivity contribution >= 4 is 37.4 Å². The molecule has 30 heavy (non-hydrogen) atoms. The third kappa shape index (κ3) is 3.90. The lowest BCUT2D eigenvalue weighted by Gasteiger charge is -2.19. The number of hydrogen-bond donors (Lipinski definition) is 2. The summed E-state index contributed by atoms with van der Waals surface area (Å²) in [6.07, 6.45) is 0. The largest absolute Gasteiger partial charge is 0.326 e. The molecule has 4 N–H and O–H groups in total. The first-order valence-corrected chi connectivity index (χ1v) is 11.5. The summed E-state index contributed by atoms with van der Waals surface area (Å²) in [6, 6.07) is 21.0. The van der Waals surface area contributed by atoms with Crippen molar-refractivity contribution in [3.8, 4) is 0 Å². The van der Waals surface area contributed by atoms with Gasteiger partial charge in [0.15, 0.2) is 5.01 Å². The van der Waals surface area contributed by atoms with Gasteiger partial charge in [0.25, 0.3) is 0 Å². The number of thiazole rings is 1. The molecule has 4 aromatic rings. The molecule has 1 heterocycles. The summed E-state index contributed by atoms with van der Waals surface area (Å²) in [7, 11) is -4.03. The number of para-hydroxylation sites is 1. The van der Waals surface area contributed by atoms with Crippen LogP contribution in [-0.4, -0.2) is 19.2 Å². The number of carbonyl (C=O) groups is 1. The molecule has 0 aliphatic rings. The third-order valence-electron chi connectivity index (χ3n) is 4.85. The molecule has 3 aromatic carbocycles. The summed E-state index contributed by atoms with van der Waals surface area (Å²) in [6.45, 7) is 0.366. The molecular weight excluding hydrogens is 418 g/mol. The van der Waals surface area contributed by atoms with Gasteiger partial charge in [0.05, 0.1) is 21.0 Å². The minimum absolute atomic E-state index is 0.0765. The second-order valence-corrected chi connectivity index (χ2v) is 9.37. The van der Waals surface area contributed by atoms with Crippen molar-refractivity contribution in [3.63, 3.8) is 0 Å². The number of nitrogens with two attached hydrogens (primary N) is 2. The Bertz CT molecular complexity index is 1300. The molecule has 1 aromatic heterocycles. The first-order chi connectivity index (χ1) is 14.4. The fraction of sp³-hybridized carbons (Fsp3) is 0.0909. The summed E-state index contributed by atoms with van der Waals surface area (Å²) in [5, 5.41) is 5.76. The van der Waals surface area contributed by atoms with Gasteiger partial charge in [0, 0.05) is 6.54 Å². The van der Waals surface area contributed by atoms with Gasteiger partial charge in [0.2, 0.25) is 15.8 Å². The normalized spacial score (nSPS) is 12.7. The molecule has 4 rings (SSSR count). The number of fused-ring (bicyclic) bond motifs is 1. The third-order valence-corrected chi connectivity index (χ3v) is 6.89. The second kappa shape index (κ2) is 8.08. The number of primary sulfonamides is 1. The van der Waals surface area contributed by atoms with E-state index in [2.05, 4.69) is 4.98 Å². The minimum atomic E-state index is -4.03. The molecule has 0 spiro atoms. The van der Waals surface area contributed by atoms with Gasteiger partial charge in [-0.25, -0.2) is 18.5 Å². The number of aromatic nitrogens is 1. The highest BCUT2D eigenvalue weighted by Crippen LogP contribution is 2.35. The van der Waals surface area contributed by atoms with Crippen molar-refractivity contribution in [2.24, 2.45) is 10.9 Å². The van der Waals surface area contributed by atoms with Crippen LogP contribution in [0.4, 0.5) is 0 Å². The summed E-state index contributed by atoms with van der Waals surface area (Å²) in [4.78, 5) is 18.0. The molecule has 0 fully saturated rings. The second-order valence-electron chi connectivity index (χ2n) is 6.81. The lowest BCUT2D eigenvalue weighted by molar-refractivity contribution is 0.0973. The van der Waals surface area contributed by atoms with Crippen LogP contribution in [0.15, 0.2) is 77.7 Å². The van der Waals surface area contributed by atoms with Crippen molar-refractivity contribution < 1.29 is 13.2 Å². The van der Waals surface area contributed by atoms with Gasteiger partial charge < -0.3 is 5.73 Å². The van der Waals surface area contributed by atoms with Crippen LogP contribution < -0.4 is 10.9 Å². The van der Waals surface area contributed by atoms with Gasteiger partial charge in [0.1, 0.15) is 0 Å². The van der Waals surface area contributed by atoms with Crippen molar-refractivity contribution in [3.05, 3.63) is 94.5 Å². The fourth-order valence-corrected chi connectivity index (χ4v) is 5.12. The van der Waals surface area contributed by atoms with Gasteiger partial charge in [-0.3, -0.25) is 4.79 Å². The Morgan fingerprint density at radius 1 is 0.967 bits per heavy atom. The topological polar surface area (TPSA) is 116 Å². The zero-order valence-corrected chi connectivity index (χ0v) is 17.5. The molecule has 0 bridgehead atoms. The number of benzene rings is 3. The van der Waals surface area contributed by atoms with Crippen LogP contribution in [0.3, 0.4) is 0 Å². The van der Waals surface area contributed by atoms with Crippen LogP contribution in [0.25, 0.3) is 10.2 Å². The van der Waals surface area contributed by atoms with Gasteiger partial charge in [-0.15, -0.1) is 11.3 Å². The number of hydrogen-bond acceptors (Lipinski definition) is 6. The summed E-state index contributed by atoms with van der Waals surface area (Å²) in [5.74, 6) is -1.15. The number of rotatable bonds is 6. The molecule has 1 unspecified atom stereocenters. The first kappa shape index (κ1) is 20.4. The minimum Gasteiger partial charge on any atom is -0.326 e. The molecule has 0 aliphatic heterocycles. The average Bonchev–Trinajstić information content (AvgIpc) is 3.18. The molecule has 0 saturated carbocycles. The molecule has 1 atom stereocenters. The van der Waals surface area contributed by atoms with E-state index >= 15 is 0 Å². The molecule has 152 valence electrons. The maximum Gasteiger partial charge on any atom is 0.238 e. The smallest absolute Gasteiger partial charge is 0.238 e.